The second-order valence-electron chi connectivity index (χ2n) is 6.05. The number of aliphatic hydroxyl groups excluding tert-OH is 1. The van der Waals surface area contributed by atoms with Crippen molar-refractivity contribution < 1.29 is 5.11 Å². The molecule has 1 aromatic carbocycles. The lowest BCUT2D eigenvalue weighted by Crippen LogP contribution is -2.43. The maximum Gasteiger partial charge on any atom is 0.0662 e. The lowest BCUT2D eigenvalue weighted by molar-refractivity contribution is 0.186. The van der Waals surface area contributed by atoms with E-state index >= 15 is 0 Å². The monoisotopic (exact) mass is 340 g/mol. The zero-order valence-electron chi connectivity index (χ0n) is 12.4. The highest BCUT2D eigenvalue weighted by molar-refractivity contribution is 9.10. The van der Waals surface area contributed by atoms with Gasteiger partial charge in [-0.3, -0.25) is 0 Å². The normalized spacial score (nSPS) is 24.6. The van der Waals surface area contributed by atoms with Crippen LogP contribution in [0, 0.1) is 0 Å². The number of hydrogen-bond donors (Lipinski definition) is 2. The fourth-order valence-corrected chi connectivity index (χ4v) is 3.16. The Hall–Kier alpha value is -0.580. The highest BCUT2D eigenvalue weighted by atomic mass is 79.9. The molecule has 112 valence electrons. The van der Waals surface area contributed by atoms with Crippen LogP contribution in [-0.4, -0.2) is 41.3 Å². The van der Waals surface area contributed by atoms with Crippen molar-refractivity contribution in [2.45, 2.75) is 44.7 Å². The van der Waals surface area contributed by atoms with Crippen LogP contribution in [0.1, 0.15) is 33.1 Å². The van der Waals surface area contributed by atoms with E-state index in [1.165, 1.54) is 0 Å². The number of hydrogen-bond acceptors (Lipinski definition) is 3. The summed E-state index contributed by atoms with van der Waals surface area (Å²) >= 11 is 3.45. The van der Waals surface area contributed by atoms with E-state index in [9.17, 15) is 5.11 Å². The van der Waals surface area contributed by atoms with Gasteiger partial charge in [-0.15, -0.1) is 0 Å². The summed E-state index contributed by atoms with van der Waals surface area (Å²) in [6, 6.07) is 8.77. The first-order chi connectivity index (χ1) is 9.54. The molecule has 1 atom stereocenters. The number of rotatable bonds is 4. The summed E-state index contributed by atoms with van der Waals surface area (Å²) in [6.07, 6.45) is 3.13. The summed E-state index contributed by atoms with van der Waals surface area (Å²) in [5, 5.41) is 13.5. The predicted octanol–water partition coefficient (Wildman–Crippen LogP) is 3.49. The van der Waals surface area contributed by atoms with Crippen LogP contribution in [-0.2, 0) is 0 Å². The molecular formula is C16H25BrN2O. The molecule has 0 aliphatic carbocycles. The Morgan fingerprint density at radius 1 is 1.25 bits per heavy atom. The molecule has 0 bridgehead atoms. The van der Waals surface area contributed by atoms with E-state index in [4.69, 9.17) is 0 Å². The molecule has 0 spiro atoms. The lowest BCUT2D eigenvalue weighted by Gasteiger charge is -2.33. The van der Waals surface area contributed by atoms with E-state index in [1.54, 1.807) is 0 Å². The van der Waals surface area contributed by atoms with Crippen molar-refractivity contribution in [3.8, 4) is 0 Å². The molecule has 0 saturated carbocycles. The maximum absolute atomic E-state index is 9.92. The van der Waals surface area contributed by atoms with Crippen molar-refractivity contribution in [3.63, 3.8) is 0 Å². The van der Waals surface area contributed by atoms with Gasteiger partial charge < -0.3 is 15.3 Å². The van der Waals surface area contributed by atoms with Crippen molar-refractivity contribution in [1.29, 1.82) is 0 Å². The smallest absolute Gasteiger partial charge is 0.0662 e. The van der Waals surface area contributed by atoms with Gasteiger partial charge in [-0.05, 0) is 63.9 Å². The van der Waals surface area contributed by atoms with E-state index in [-0.39, 0.29) is 12.1 Å². The van der Waals surface area contributed by atoms with Crippen molar-refractivity contribution >= 4 is 21.6 Å². The van der Waals surface area contributed by atoms with Crippen LogP contribution >= 0.6 is 15.9 Å². The Morgan fingerprint density at radius 3 is 2.55 bits per heavy atom. The molecule has 1 aromatic rings. The highest BCUT2D eigenvalue weighted by Gasteiger charge is 2.32. The molecule has 0 radical (unpaired) electrons. The summed E-state index contributed by atoms with van der Waals surface area (Å²) in [7, 11) is 0. The largest absolute Gasteiger partial charge is 0.394 e. The summed E-state index contributed by atoms with van der Waals surface area (Å²) in [5.74, 6) is 0. The van der Waals surface area contributed by atoms with Crippen molar-refractivity contribution in [2.75, 3.05) is 25.0 Å². The van der Waals surface area contributed by atoms with Gasteiger partial charge >= 0.3 is 0 Å². The van der Waals surface area contributed by atoms with Gasteiger partial charge in [0.1, 0.15) is 0 Å². The molecule has 1 fully saturated rings. The Morgan fingerprint density at radius 2 is 1.95 bits per heavy atom. The molecule has 2 N–H and O–H groups in total. The quantitative estimate of drug-likeness (QED) is 0.880. The Bertz CT molecular complexity index is 421. The number of aliphatic hydroxyl groups is 1. The number of nitrogens with one attached hydrogen (secondary N) is 1. The third-order valence-electron chi connectivity index (χ3n) is 4.26. The molecule has 1 unspecified atom stereocenters. The summed E-state index contributed by atoms with van der Waals surface area (Å²) < 4.78 is 1.08. The van der Waals surface area contributed by atoms with Crippen molar-refractivity contribution in [2.24, 2.45) is 0 Å². The molecule has 1 saturated heterocycles. The average molecular weight is 341 g/mol. The van der Waals surface area contributed by atoms with Crippen LogP contribution in [0.2, 0.25) is 0 Å². The molecule has 4 heteroatoms. The second-order valence-corrected chi connectivity index (χ2v) is 6.97. The molecule has 1 heterocycles. The Labute approximate surface area is 130 Å². The van der Waals surface area contributed by atoms with Crippen molar-refractivity contribution in [1.82, 2.24) is 4.90 Å². The first kappa shape index (κ1) is 15.8. The van der Waals surface area contributed by atoms with Crippen LogP contribution in [0.15, 0.2) is 28.7 Å². The van der Waals surface area contributed by atoms with Gasteiger partial charge in [0.2, 0.25) is 0 Å². The molecule has 3 nitrogen and oxygen atoms in total. The van der Waals surface area contributed by atoms with Crippen LogP contribution in [0.5, 0.6) is 0 Å². The summed E-state index contributed by atoms with van der Waals surface area (Å²) in [5.41, 5.74) is 0.900. The zero-order chi connectivity index (χ0) is 14.6. The van der Waals surface area contributed by atoms with E-state index in [1.807, 2.05) is 12.1 Å². The minimum absolute atomic E-state index is 0.183. The third-order valence-corrected chi connectivity index (χ3v) is 4.79. The van der Waals surface area contributed by atoms with Gasteiger partial charge in [0, 0.05) is 22.7 Å². The van der Waals surface area contributed by atoms with E-state index in [0.29, 0.717) is 6.04 Å². The molecule has 2 rings (SSSR count). The number of likely N-dealkylation sites (tertiary alicyclic amines) is 1. The van der Waals surface area contributed by atoms with Crippen LogP contribution in [0.3, 0.4) is 0 Å². The average Bonchev–Trinajstić information content (AvgIpc) is 2.65. The second kappa shape index (κ2) is 6.92. The van der Waals surface area contributed by atoms with Crippen molar-refractivity contribution in [3.05, 3.63) is 28.7 Å². The Kier molecular flexibility index (Phi) is 5.47. The molecule has 1 aliphatic heterocycles. The minimum atomic E-state index is -0.183. The van der Waals surface area contributed by atoms with Gasteiger partial charge in [0.25, 0.3) is 0 Å². The molecule has 0 amide bonds. The number of benzene rings is 1. The van der Waals surface area contributed by atoms with Crippen LogP contribution in [0.25, 0.3) is 0 Å². The fraction of sp³-hybridized carbons (Fsp3) is 0.625. The number of anilines is 1. The standard InChI is InChI=1S/C16H25BrN2O/c1-13(2)19-10-3-8-16(12-20,9-11-19)18-15-6-4-14(17)5-7-15/h4-7,13,18,20H,3,8-12H2,1-2H3. The molecule has 1 aliphatic rings. The fourth-order valence-electron chi connectivity index (χ4n) is 2.89. The van der Waals surface area contributed by atoms with Gasteiger partial charge in [0.15, 0.2) is 0 Å². The predicted molar refractivity (Wildman–Crippen MR) is 88.1 cm³/mol. The van der Waals surface area contributed by atoms with E-state index < -0.39 is 0 Å². The van der Waals surface area contributed by atoms with Crippen LogP contribution < -0.4 is 5.32 Å². The number of halogens is 1. The van der Waals surface area contributed by atoms with Gasteiger partial charge in [-0.2, -0.15) is 0 Å². The van der Waals surface area contributed by atoms with Gasteiger partial charge in [-0.1, -0.05) is 15.9 Å². The Balaban J connectivity index is 2.07. The zero-order valence-corrected chi connectivity index (χ0v) is 14.0. The first-order valence-electron chi connectivity index (χ1n) is 7.43. The van der Waals surface area contributed by atoms with Gasteiger partial charge in [-0.25, -0.2) is 0 Å². The third kappa shape index (κ3) is 3.96. The highest BCUT2D eigenvalue weighted by Crippen LogP contribution is 2.28. The number of nitrogens with zero attached hydrogens (tertiary/aromatic N) is 1. The molecule has 0 aromatic heterocycles. The topological polar surface area (TPSA) is 35.5 Å². The van der Waals surface area contributed by atoms with Gasteiger partial charge in [0.05, 0.1) is 12.1 Å². The molecule has 20 heavy (non-hydrogen) atoms. The van der Waals surface area contributed by atoms with E-state index in [2.05, 4.69) is 52.1 Å². The SMILES string of the molecule is CC(C)N1CCCC(CO)(Nc2ccc(Br)cc2)CC1. The summed E-state index contributed by atoms with van der Waals surface area (Å²) in [4.78, 5) is 2.50. The lowest BCUT2D eigenvalue weighted by atomic mass is 9.91. The maximum atomic E-state index is 9.92. The van der Waals surface area contributed by atoms with Crippen LogP contribution in [0.4, 0.5) is 5.69 Å². The van der Waals surface area contributed by atoms with E-state index in [0.717, 1.165) is 42.5 Å². The minimum Gasteiger partial charge on any atom is -0.394 e. The summed E-state index contributed by atoms with van der Waals surface area (Å²) in [6.45, 7) is 6.85. The molecular weight excluding hydrogens is 316 g/mol. The first-order valence-corrected chi connectivity index (χ1v) is 8.23.